The minimum Gasteiger partial charge on any atom is -0.352 e. The first-order chi connectivity index (χ1) is 19.2. The number of benzene rings is 3. The van der Waals surface area contributed by atoms with Gasteiger partial charge in [-0.2, -0.15) is 0 Å². The molecule has 0 aromatic heterocycles. The van der Waals surface area contributed by atoms with E-state index in [2.05, 4.69) is 46.3 Å². The van der Waals surface area contributed by atoms with E-state index in [1.807, 2.05) is 56.0 Å². The van der Waals surface area contributed by atoms with Crippen molar-refractivity contribution < 1.29 is 14.4 Å². The molecular formula is C33H36N4O3. The van der Waals surface area contributed by atoms with Crippen LogP contribution in [0.4, 0.5) is 4.79 Å². The standard InChI is InChI=1S/C33H36N4O3/c1-33(2,3)36-32(40)37-14-13-26-24(21-9-12-25-23(15-21)18-35-30(25)38)11-10-22(29(26)19-37)17-34-31(39)28-16-27(28)20-7-5-4-6-8-20/h4-12,15,27-28H,13-14,16-19H2,1-3H3,(H,34,39)(H,35,38)(H,36,40)/t27-,28+/m1/s1. The molecule has 3 N–H and O–H groups in total. The van der Waals surface area contributed by atoms with Gasteiger partial charge in [0.1, 0.15) is 0 Å². The van der Waals surface area contributed by atoms with Crippen LogP contribution in [0.25, 0.3) is 11.1 Å². The summed E-state index contributed by atoms with van der Waals surface area (Å²) in [5, 5.41) is 9.17. The summed E-state index contributed by atoms with van der Waals surface area (Å²) in [4.78, 5) is 40.1. The fraction of sp³-hybridized carbons (Fsp3) is 0.364. The van der Waals surface area contributed by atoms with Gasteiger partial charge in [0.15, 0.2) is 0 Å². The molecule has 0 spiro atoms. The summed E-state index contributed by atoms with van der Waals surface area (Å²) in [7, 11) is 0. The van der Waals surface area contributed by atoms with Gasteiger partial charge in [0.2, 0.25) is 5.91 Å². The van der Waals surface area contributed by atoms with Gasteiger partial charge >= 0.3 is 6.03 Å². The summed E-state index contributed by atoms with van der Waals surface area (Å²) in [5.74, 6) is 0.352. The van der Waals surface area contributed by atoms with Crippen molar-refractivity contribution in [2.45, 2.75) is 64.7 Å². The predicted octanol–water partition coefficient (Wildman–Crippen LogP) is 4.88. The molecule has 4 amide bonds. The SMILES string of the molecule is CC(C)(C)NC(=O)N1CCc2c(-c3ccc4c(c3)CNC4=O)ccc(CNC(=O)[C@H]3C[C@@H]3c3ccccc3)c2C1. The van der Waals surface area contributed by atoms with E-state index in [-0.39, 0.29) is 35.2 Å². The monoisotopic (exact) mass is 536 g/mol. The van der Waals surface area contributed by atoms with E-state index in [0.29, 0.717) is 26.2 Å². The zero-order chi connectivity index (χ0) is 28.0. The molecule has 0 radical (unpaired) electrons. The molecule has 7 nitrogen and oxygen atoms in total. The molecule has 3 aliphatic rings. The quantitative estimate of drug-likeness (QED) is 0.434. The molecule has 206 valence electrons. The summed E-state index contributed by atoms with van der Waals surface area (Å²) >= 11 is 0. The predicted molar refractivity (Wildman–Crippen MR) is 155 cm³/mol. The van der Waals surface area contributed by atoms with Gasteiger partial charge in [-0.15, -0.1) is 0 Å². The van der Waals surface area contributed by atoms with Crippen LogP contribution in [0.3, 0.4) is 0 Å². The van der Waals surface area contributed by atoms with E-state index in [1.54, 1.807) is 0 Å². The van der Waals surface area contributed by atoms with Gasteiger partial charge in [-0.05, 0) is 90.6 Å². The van der Waals surface area contributed by atoms with Crippen LogP contribution in [0.2, 0.25) is 0 Å². The van der Waals surface area contributed by atoms with E-state index in [1.165, 1.54) is 11.1 Å². The highest BCUT2D eigenvalue weighted by Crippen LogP contribution is 2.47. The molecule has 0 bridgehead atoms. The molecule has 1 saturated carbocycles. The van der Waals surface area contributed by atoms with Crippen molar-refractivity contribution in [3.05, 3.63) is 94.0 Å². The summed E-state index contributed by atoms with van der Waals surface area (Å²) in [6.07, 6.45) is 1.60. The largest absolute Gasteiger partial charge is 0.352 e. The number of nitrogens with one attached hydrogen (secondary N) is 3. The van der Waals surface area contributed by atoms with Crippen LogP contribution in [0.1, 0.15) is 71.3 Å². The molecule has 1 aliphatic carbocycles. The number of amides is 4. The molecule has 3 aromatic carbocycles. The Morgan fingerprint density at radius 1 is 1.00 bits per heavy atom. The molecule has 1 fully saturated rings. The number of hydrogen-bond donors (Lipinski definition) is 3. The summed E-state index contributed by atoms with van der Waals surface area (Å²) in [5.41, 5.74) is 8.16. The Morgan fingerprint density at radius 3 is 2.55 bits per heavy atom. The lowest BCUT2D eigenvalue weighted by Crippen LogP contribution is -2.50. The van der Waals surface area contributed by atoms with Crippen LogP contribution in [-0.4, -0.2) is 34.8 Å². The summed E-state index contributed by atoms with van der Waals surface area (Å²) in [6.45, 7) is 8.01. The van der Waals surface area contributed by atoms with Gasteiger partial charge < -0.3 is 20.9 Å². The first-order valence-electron chi connectivity index (χ1n) is 14.1. The zero-order valence-electron chi connectivity index (χ0n) is 23.3. The van der Waals surface area contributed by atoms with Gasteiger partial charge in [-0.1, -0.05) is 48.5 Å². The van der Waals surface area contributed by atoms with Crippen molar-refractivity contribution in [1.29, 1.82) is 0 Å². The average molecular weight is 537 g/mol. The average Bonchev–Trinajstić information content (AvgIpc) is 3.67. The van der Waals surface area contributed by atoms with Crippen LogP contribution in [-0.2, 0) is 30.8 Å². The third kappa shape index (κ3) is 5.20. The van der Waals surface area contributed by atoms with Gasteiger partial charge in [0.25, 0.3) is 5.91 Å². The molecule has 0 unspecified atom stereocenters. The third-order valence-corrected chi connectivity index (χ3v) is 8.19. The summed E-state index contributed by atoms with van der Waals surface area (Å²) < 4.78 is 0. The Hall–Kier alpha value is -4.13. The van der Waals surface area contributed by atoms with Crippen molar-refractivity contribution >= 4 is 17.8 Å². The van der Waals surface area contributed by atoms with Crippen LogP contribution in [0.5, 0.6) is 0 Å². The second-order valence-corrected chi connectivity index (χ2v) is 12.2. The van der Waals surface area contributed by atoms with Crippen LogP contribution in [0.15, 0.2) is 60.7 Å². The van der Waals surface area contributed by atoms with Crippen molar-refractivity contribution in [2.75, 3.05) is 6.54 Å². The van der Waals surface area contributed by atoms with Gasteiger partial charge in [-0.25, -0.2) is 4.79 Å². The van der Waals surface area contributed by atoms with Crippen molar-refractivity contribution in [1.82, 2.24) is 20.9 Å². The second-order valence-electron chi connectivity index (χ2n) is 12.2. The molecule has 2 atom stereocenters. The molecule has 6 rings (SSSR count). The maximum Gasteiger partial charge on any atom is 0.318 e. The van der Waals surface area contributed by atoms with E-state index in [9.17, 15) is 14.4 Å². The van der Waals surface area contributed by atoms with Crippen LogP contribution >= 0.6 is 0 Å². The number of rotatable bonds is 5. The molecule has 40 heavy (non-hydrogen) atoms. The van der Waals surface area contributed by atoms with Crippen molar-refractivity contribution in [3.63, 3.8) is 0 Å². The lowest BCUT2D eigenvalue weighted by molar-refractivity contribution is -0.122. The van der Waals surface area contributed by atoms with E-state index in [4.69, 9.17) is 0 Å². The lowest BCUT2D eigenvalue weighted by atomic mass is 9.86. The van der Waals surface area contributed by atoms with Crippen LogP contribution < -0.4 is 16.0 Å². The first kappa shape index (κ1) is 26.1. The number of nitrogens with zero attached hydrogens (tertiary/aromatic N) is 1. The van der Waals surface area contributed by atoms with E-state index < -0.39 is 0 Å². The van der Waals surface area contributed by atoms with Gasteiger partial charge in [-0.3, -0.25) is 9.59 Å². The number of carbonyl (C=O) groups is 3. The minimum atomic E-state index is -0.328. The Morgan fingerprint density at radius 2 is 1.77 bits per heavy atom. The molecule has 0 saturated heterocycles. The summed E-state index contributed by atoms with van der Waals surface area (Å²) in [6, 6.07) is 20.4. The third-order valence-electron chi connectivity index (χ3n) is 8.19. The first-order valence-corrected chi connectivity index (χ1v) is 14.1. The molecule has 2 heterocycles. The number of hydrogen-bond acceptors (Lipinski definition) is 3. The minimum absolute atomic E-state index is 0.00861. The van der Waals surface area contributed by atoms with Gasteiger partial charge in [0.05, 0.1) is 0 Å². The fourth-order valence-electron chi connectivity index (χ4n) is 6.02. The normalized spacial score (nSPS) is 19.4. The fourth-order valence-corrected chi connectivity index (χ4v) is 6.02. The van der Waals surface area contributed by atoms with E-state index in [0.717, 1.165) is 46.2 Å². The van der Waals surface area contributed by atoms with Crippen molar-refractivity contribution in [2.24, 2.45) is 5.92 Å². The Labute approximate surface area is 235 Å². The smallest absolute Gasteiger partial charge is 0.318 e. The number of urea groups is 1. The van der Waals surface area contributed by atoms with Crippen LogP contribution in [0, 0.1) is 5.92 Å². The highest BCUT2D eigenvalue weighted by Gasteiger charge is 2.43. The number of carbonyl (C=O) groups excluding carboxylic acids is 3. The van der Waals surface area contributed by atoms with Gasteiger partial charge in [0, 0.05) is 43.2 Å². The maximum absolute atomic E-state index is 13.1. The Balaban J connectivity index is 1.26. The molecule has 7 heteroatoms. The lowest BCUT2D eigenvalue weighted by Gasteiger charge is -2.34. The Kier molecular flexibility index (Phi) is 6.61. The molecule has 2 aliphatic heterocycles. The maximum atomic E-state index is 13.1. The highest BCUT2D eigenvalue weighted by molar-refractivity contribution is 5.99. The van der Waals surface area contributed by atoms with E-state index >= 15 is 0 Å². The molecular weight excluding hydrogens is 500 g/mol. The zero-order valence-corrected chi connectivity index (χ0v) is 23.3. The second kappa shape index (κ2) is 10.1. The number of fused-ring (bicyclic) bond motifs is 2. The topological polar surface area (TPSA) is 90.5 Å². The highest BCUT2D eigenvalue weighted by atomic mass is 16.2. The Bertz CT molecular complexity index is 1490. The van der Waals surface area contributed by atoms with Crippen molar-refractivity contribution in [3.8, 4) is 11.1 Å². The molecule has 3 aromatic rings.